The zero-order chi connectivity index (χ0) is 15.6. The molecule has 0 bridgehead atoms. The van der Waals surface area contributed by atoms with E-state index in [2.05, 4.69) is 46.1 Å². The highest BCUT2D eigenvalue weighted by Gasteiger charge is 2.23. The third-order valence-electron chi connectivity index (χ3n) is 4.18. The number of hydrogen-bond donors (Lipinski definition) is 0. The first-order valence-corrected chi connectivity index (χ1v) is 7.96. The normalized spacial score (nSPS) is 14.7. The van der Waals surface area contributed by atoms with Crippen LogP contribution in [0, 0.1) is 6.92 Å². The van der Waals surface area contributed by atoms with Crippen LogP contribution in [0.4, 0.5) is 0 Å². The first-order valence-electron chi connectivity index (χ1n) is 7.96. The lowest BCUT2D eigenvalue weighted by atomic mass is 10.1. The van der Waals surface area contributed by atoms with Crippen molar-refractivity contribution in [3.8, 4) is 11.6 Å². The van der Waals surface area contributed by atoms with E-state index >= 15 is 0 Å². The monoisotopic (exact) mass is 305 g/mol. The van der Waals surface area contributed by atoms with Crippen molar-refractivity contribution < 1.29 is 4.42 Å². The number of aryl methyl sites for hydroxylation is 1. The predicted molar refractivity (Wildman–Crippen MR) is 88.7 cm³/mol. The first kappa shape index (κ1) is 14.2. The van der Waals surface area contributed by atoms with Crippen LogP contribution in [0.1, 0.15) is 22.6 Å². The van der Waals surface area contributed by atoms with Gasteiger partial charge in [-0.05, 0) is 24.6 Å². The van der Waals surface area contributed by atoms with E-state index in [1.165, 1.54) is 11.1 Å². The summed E-state index contributed by atoms with van der Waals surface area (Å²) in [6.45, 7) is 4.92. The average Bonchev–Trinajstić information content (AvgIpc) is 2.99. The largest absolute Gasteiger partial charge is 0.440 e. The van der Waals surface area contributed by atoms with Crippen LogP contribution in [0.3, 0.4) is 0 Å². The Kier molecular flexibility index (Phi) is 3.67. The highest BCUT2D eigenvalue weighted by molar-refractivity contribution is 5.47. The SMILES string of the molecule is Cc1cccc(CN2CCc3oc(-c4ccccn4)nc3C2)c1. The molecule has 2 aromatic heterocycles. The molecule has 1 aliphatic heterocycles. The summed E-state index contributed by atoms with van der Waals surface area (Å²) in [5.74, 6) is 1.64. The number of pyridine rings is 1. The molecule has 116 valence electrons. The second-order valence-electron chi connectivity index (χ2n) is 6.05. The molecule has 0 saturated carbocycles. The van der Waals surface area contributed by atoms with Gasteiger partial charge in [-0.25, -0.2) is 4.98 Å². The maximum atomic E-state index is 5.91. The predicted octanol–water partition coefficient (Wildman–Crippen LogP) is 3.60. The maximum Gasteiger partial charge on any atom is 0.245 e. The van der Waals surface area contributed by atoms with Crippen LogP contribution >= 0.6 is 0 Å². The minimum atomic E-state index is 0.632. The van der Waals surface area contributed by atoms with Crippen molar-refractivity contribution in [1.82, 2.24) is 14.9 Å². The number of benzene rings is 1. The van der Waals surface area contributed by atoms with E-state index in [1.807, 2.05) is 18.2 Å². The van der Waals surface area contributed by atoms with Crippen LogP contribution < -0.4 is 0 Å². The number of aromatic nitrogens is 2. The Morgan fingerprint density at radius 3 is 2.96 bits per heavy atom. The standard InChI is InChI=1S/C19H19N3O/c1-14-5-4-6-15(11-14)12-22-10-8-18-17(13-22)21-19(23-18)16-7-2-3-9-20-16/h2-7,9,11H,8,10,12-13H2,1H3. The summed E-state index contributed by atoms with van der Waals surface area (Å²) in [6, 6.07) is 14.5. The van der Waals surface area contributed by atoms with Crippen molar-refractivity contribution in [2.24, 2.45) is 0 Å². The summed E-state index contributed by atoms with van der Waals surface area (Å²) in [7, 11) is 0. The lowest BCUT2D eigenvalue weighted by Crippen LogP contribution is -2.29. The van der Waals surface area contributed by atoms with Gasteiger partial charge in [0, 0.05) is 32.3 Å². The second-order valence-corrected chi connectivity index (χ2v) is 6.05. The Morgan fingerprint density at radius 1 is 1.17 bits per heavy atom. The van der Waals surface area contributed by atoms with Gasteiger partial charge in [-0.3, -0.25) is 9.88 Å². The van der Waals surface area contributed by atoms with Gasteiger partial charge < -0.3 is 4.42 Å². The van der Waals surface area contributed by atoms with Gasteiger partial charge in [-0.15, -0.1) is 0 Å². The number of oxazole rings is 1. The molecule has 4 nitrogen and oxygen atoms in total. The zero-order valence-corrected chi connectivity index (χ0v) is 13.2. The molecule has 0 N–H and O–H groups in total. The van der Waals surface area contributed by atoms with E-state index in [-0.39, 0.29) is 0 Å². The number of nitrogens with zero attached hydrogens (tertiary/aromatic N) is 3. The fourth-order valence-electron chi connectivity index (χ4n) is 3.06. The summed E-state index contributed by atoms with van der Waals surface area (Å²) < 4.78 is 5.91. The van der Waals surface area contributed by atoms with E-state index in [0.717, 1.165) is 43.2 Å². The molecule has 0 fully saturated rings. The molecular weight excluding hydrogens is 286 g/mol. The molecule has 0 atom stereocenters. The van der Waals surface area contributed by atoms with Crippen LogP contribution in [-0.2, 0) is 19.5 Å². The lowest BCUT2D eigenvalue weighted by Gasteiger charge is -2.25. The molecule has 3 heterocycles. The minimum absolute atomic E-state index is 0.632. The molecule has 0 amide bonds. The highest BCUT2D eigenvalue weighted by Crippen LogP contribution is 2.25. The Bertz CT molecular complexity index is 810. The Balaban J connectivity index is 1.52. The van der Waals surface area contributed by atoms with Crippen LogP contribution in [-0.4, -0.2) is 21.4 Å². The molecule has 1 aromatic carbocycles. The summed E-state index contributed by atoms with van der Waals surface area (Å²) in [5, 5.41) is 0. The van der Waals surface area contributed by atoms with Gasteiger partial charge in [0.15, 0.2) is 0 Å². The van der Waals surface area contributed by atoms with Crippen LogP contribution in [0.5, 0.6) is 0 Å². The Morgan fingerprint density at radius 2 is 2.13 bits per heavy atom. The number of hydrogen-bond acceptors (Lipinski definition) is 4. The Labute approximate surface area is 135 Å². The van der Waals surface area contributed by atoms with Crippen molar-refractivity contribution in [3.05, 3.63) is 71.2 Å². The maximum absolute atomic E-state index is 5.91. The summed E-state index contributed by atoms with van der Waals surface area (Å²) in [4.78, 5) is 11.4. The molecule has 23 heavy (non-hydrogen) atoms. The quantitative estimate of drug-likeness (QED) is 0.741. The fraction of sp³-hybridized carbons (Fsp3) is 0.263. The van der Waals surface area contributed by atoms with Gasteiger partial charge in [-0.2, -0.15) is 0 Å². The van der Waals surface area contributed by atoms with Crippen molar-refractivity contribution in [2.45, 2.75) is 26.4 Å². The molecule has 0 unspecified atom stereocenters. The topological polar surface area (TPSA) is 42.2 Å². The lowest BCUT2D eigenvalue weighted by molar-refractivity contribution is 0.232. The van der Waals surface area contributed by atoms with Gasteiger partial charge in [-0.1, -0.05) is 35.9 Å². The molecule has 0 aliphatic carbocycles. The zero-order valence-electron chi connectivity index (χ0n) is 13.2. The van der Waals surface area contributed by atoms with Gasteiger partial charge in [0.1, 0.15) is 11.5 Å². The molecule has 0 saturated heterocycles. The summed E-state index contributed by atoms with van der Waals surface area (Å²) in [6.07, 6.45) is 2.67. The van der Waals surface area contributed by atoms with Gasteiger partial charge in [0.05, 0.1) is 5.69 Å². The average molecular weight is 305 g/mol. The second kappa shape index (κ2) is 5.97. The highest BCUT2D eigenvalue weighted by atomic mass is 16.4. The molecular formula is C19H19N3O. The first-order chi connectivity index (χ1) is 11.3. The van der Waals surface area contributed by atoms with Gasteiger partial charge in [0.25, 0.3) is 0 Å². The molecule has 1 aliphatic rings. The van der Waals surface area contributed by atoms with Crippen LogP contribution in [0.25, 0.3) is 11.6 Å². The third kappa shape index (κ3) is 3.03. The smallest absolute Gasteiger partial charge is 0.245 e. The molecule has 0 spiro atoms. The van der Waals surface area contributed by atoms with E-state index in [0.29, 0.717) is 5.89 Å². The third-order valence-corrected chi connectivity index (χ3v) is 4.18. The number of fused-ring (bicyclic) bond motifs is 1. The molecule has 0 radical (unpaired) electrons. The summed E-state index contributed by atoms with van der Waals surface area (Å²) >= 11 is 0. The van der Waals surface area contributed by atoms with Crippen LogP contribution in [0.15, 0.2) is 53.1 Å². The van der Waals surface area contributed by atoms with Crippen molar-refractivity contribution in [3.63, 3.8) is 0 Å². The molecule has 4 rings (SSSR count). The van der Waals surface area contributed by atoms with Crippen LogP contribution in [0.2, 0.25) is 0 Å². The minimum Gasteiger partial charge on any atom is -0.440 e. The number of rotatable bonds is 3. The van der Waals surface area contributed by atoms with Gasteiger partial charge in [0.2, 0.25) is 5.89 Å². The molecule has 3 aromatic rings. The van der Waals surface area contributed by atoms with Gasteiger partial charge >= 0.3 is 0 Å². The Hall–Kier alpha value is -2.46. The van der Waals surface area contributed by atoms with E-state index in [9.17, 15) is 0 Å². The summed E-state index contributed by atoms with van der Waals surface area (Å²) in [5.41, 5.74) is 4.50. The van der Waals surface area contributed by atoms with Crippen molar-refractivity contribution in [1.29, 1.82) is 0 Å². The van der Waals surface area contributed by atoms with Crippen molar-refractivity contribution in [2.75, 3.05) is 6.54 Å². The van der Waals surface area contributed by atoms with Crippen molar-refractivity contribution >= 4 is 0 Å². The van der Waals surface area contributed by atoms with E-state index in [4.69, 9.17) is 4.42 Å². The van der Waals surface area contributed by atoms with E-state index in [1.54, 1.807) is 6.20 Å². The fourth-order valence-corrected chi connectivity index (χ4v) is 3.06. The van der Waals surface area contributed by atoms with E-state index < -0.39 is 0 Å². The molecule has 4 heteroatoms.